The Labute approximate surface area is 84.2 Å². The van der Waals surface area contributed by atoms with Crippen LogP contribution in [-0.4, -0.2) is 30.1 Å². The summed E-state index contributed by atoms with van der Waals surface area (Å²) in [6, 6.07) is 1.96. The molecule has 1 aromatic rings. The van der Waals surface area contributed by atoms with Crippen molar-refractivity contribution in [3.8, 4) is 0 Å². The lowest BCUT2D eigenvalue weighted by atomic mass is 10.1. The van der Waals surface area contributed by atoms with Crippen molar-refractivity contribution < 1.29 is 0 Å². The summed E-state index contributed by atoms with van der Waals surface area (Å²) in [7, 11) is 1.89. The molecule has 2 N–H and O–H groups in total. The first-order valence-corrected chi connectivity index (χ1v) is 5.03. The Morgan fingerprint density at radius 2 is 2.36 bits per heavy atom. The fraction of sp³-hybridized carbons (Fsp3) is 0.600. The van der Waals surface area contributed by atoms with Crippen LogP contribution in [0.1, 0.15) is 23.9 Å². The highest BCUT2D eigenvalue weighted by Gasteiger charge is 2.19. The van der Waals surface area contributed by atoms with Gasteiger partial charge in [0.1, 0.15) is 11.6 Å². The summed E-state index contributed by atoms with van der Waals surface area (Å²) in [5, 5.41) is 6.39. The third-order valence-electron chi connectivity index (χ3n) is 2.55. The van der Waals surface area contributed by atoms with Crippen LogP contribution in [0.2, 0.25) is 0 Å². The molecule has 14 heavy (non-hydrogen) atoms. The summed E-state index contributed by atoms with van der Waals surface area (Å²) in [6.45, 7) is 4.10. The molecule has 0 spiro atoms. The Morgan fingerprint density at radius 3 is 3.00 bits per heavy atom. The molecule has 0 aromatic carbocycles. The summed E-state index contributed by atoms with van der Waals surface area (Å²) in [5.74, 6) is 2.38. The SMILES string of the molecule is CNc1cc(C)nc([C@@H]2CCNC2)n1. The molecule has 1 saturated heterocycles. The summed E-state index contributed by atoms with van der Waals surface area (Å²) >= 11 is 0. The average Bonchev–Trinajstić information content (AvgIpc) is 2.69. The van der Waals surface area contributed by atoms with Crippen molar-refractivity contribution in [2.75, 3.05) is 25.5 Å². The molecule has 1 aliphatic heterocycles. The van der Waals surface area contributed by atoms with Gasteiger partial charge in [0.15, 0.2) is 0 Å². The standard InChI is InChI=1S/C10H16N4/c1-7-5-9(11-2)14-10(13-7)8-3-4-12-6-8/h5,8,12H,3-4,6H2,1-2H3,(H,11,13,14)/t8-/m1/s1. The molecule has 1 aromatic heterocycles. The van der Waals surface area contributed by atoms with E-state index in [4.69, 9.17) is 0 Å². The topological polar surface area (TPSA) is 49.8 Å². The van der Waals surface area contributed by atoms with Gasteiger partial charge in [-0.15, -0.1) is 0 Å². The van der Waals surface area contributed by atoms with Crippen LogP contribution in [0, 0.1) is 6.92 Å². The molecule has 0 amide bonds. The molecule has 0 bridgehead atoms. The Bertz CT molecular complexity index is 318. The van der Waals surface area contributed by atoms with E-state index in [1.807, 2.05) is 20.0 Å². The van der Waals surface area contributed by atoms with Gasteiger partial charge >= 0.3 is 0 Å². The lowest BCUT2D eigenvalue weighted by Crippen LogP contribution is -2.11. The number of aromatic nitrogens is 2. The Hall–Kier alpha value is -1.16. The van der Waals surface area contributed by atoms with Gasteiger partial charge in [-0.1, -0.05) is 0 Å². The molecule has 0 unspecified atom stereocenters. The van der Waals surface area contributed by atoms with Crippen LogP contribution >= 0.6 is 0 Å². The van der Waals surface area contributed by atoms with Crippen LogP contribution in [0.3, 0.4) is 0 Å². The van der Waals surface area contributed by atoms with Gasteiger partial charge in [-0.05, 0) is 19.9 Å². The molecule has 1 atom stereocenters. The van der Waals surface area contributed by atoms with Gasteiger partial charge in [-0.25, -0.2) is 9.97 Å². The highest BCUT2D eigenvalue weighted by molar-refractivity contribution is 5.35. The predicted molar refractivity (Wildman–Crippen MR) is 56.5 cm³/mol. The highest BCUT2D eigenvalue weighted by Crippen LogP contribution is 2.20. The van der Waals surface area contributed by atoms with Crippen molar-refractivity contribution >= 4 is 5.82 Å². The molecule has 1 fully saturated rings. The first-order valence-electron chi connectivity index (χ1n) is 5.03. The van der Waals surface area contributed by atoms with Crippen LogP contribution in [0.4, 0.5) is 5.82 Å². The third-order valence-corrected chi connectivity index (χ3v) is 2.55. The maximum absolute atomic E-state index is 4.47. The smallest absolute Gasteiger partial charge is 0.135 e. The fourth-order valence-electron chi connectivity index (χ4n) is 1.78. The van der Waals surface area contributed by atoms with Gasteiger partial charge in [0.05, 0.1) is 0 Å². The largest absolute Gasteiger partial charge is 0.373 e. The molecule has 1 aliphatic rings. The number of nitrogens with one attached hydrogen (secondary N) is 2. The molecule has 76 valence electrons. The van der Waals surface area contributed by atoms with Crippen molar-refractivity contribution in [3.05, 3.63) is 17.6 Å². The number of nitrogens with zero attached hydrogens (tertiary/aromatic N) is 2. The minimum Gasteiger partial charge on any atom is -0.373 e. The van der Waals surface area contributed by atoms with E-state index in [1.54, 1.807) is 0 Å². The molecule has 0 aliphatic carbocycles. The fourth-order valence-corrected chi connectivity index (χ4v) is 1.78. The van der Waals surface area contributed by atoms with Gasteiger partial charge in [-0.3, -0.25) is 0 Å². The van der Waals surface area contributed by atoms with Crippen molar-refractivity contribution in [3.63, 3.8) is 0 Å². The molecule has 2 heterocycles. The van der Waals surface area contributed by atoms with Crippen LogP contribution in [-0.2, 0) is 0 Å². The molecular formula is C10H16N4. The maximum atomic E-state index is 4.47. The van der Waals surface area contributed by atoms with Crippen molar-refractivity contribution in [1.29, 1.82) is 0 Å². The minimum atomic E-state index is 0.488. The molecule has 4 heteroatoms. The summed E-state index contributed by atoms with van der Waals surface area (Å²) in [5.41, 5.74) is 1.03. The van der Waals surface area contributed by atoms with Crippen molar-refractivity contribution in [2.45, 2.75) is 19.3 Å². The van der Waals surface area contributed by atoms with Gasteiger partial charge in [0.25, 0.3) is 0 Å². The Kier molecular flexibility index (Phi) is 2.63. The third kappa shape index (κ3) is 1.85. The zero-order chi connectivity index (χ0) is 9.97. The second-order valence-electron chi connectivity index (χ2n) is 3.69. The second kappa shape index (κ2) is 3.92. The van der Waals surface area contributed by atoms with Crippen molar-refractivity contribution in [2.24, 2.45) is 0 Å². The van der Waals surface area contributed by atoms with E-state index in [-0.39, 0.29) is 0 Å². The number of hydrogen-bond donors (Lipinski definition) is 2. The van der Waals surface area contributed by atoms with Crippen molar-refractivity contribution in [1.82, 2.24) is 15.3 Å². The molecular weight excluding hydrogens is 176 g/mol. The molecule has 4 nitrogen and oxygen atoms in total. The normalized spacial score (nSPS) is 21.1. The van der Waals surface area contributed by atoms with E-state index in [0.29, 0.717) is 5.92 Å². The van der Waals surface area contributed by atoms with Crippen LogP contribution in [0.15, 0.2) is 6.07 Å². The summed E-state index contributed by atoms with van der Waals surface area (Å²) < 4.78 is 0. The van der Waals surface area contributed by atoms with Crippen LogP contribution in [0.25, 0.3) is 0 Å². The van der Waals surface area contributed by atoms with Crippen LogP contribution < -0.4 is 10.6 Å². The van der Waals surface area contributed by atoms with Gasteiger partial charge in [0, 0.05) is 31.3 Å². The number of rotatable bonds is 2. The van der Waals surface area contributed by atoms with E-state index < -0.39 is 0 Å². The zero-order valence-corrected chi connectivity index (χ0v) is 8.67. The lowest BCUT2D eigenvalue weighted by Gasteiger charge is -2.09. The monoisotopic (exact) mass is 192 g/mol. The quantitative estimate of drug-likeness (QED) is 0.731. The number of anilines is 1. The average molecular weight is 192 g/mol. The molecule has 2 rings (SSSR count). The van der Waals surface area contributed by atoms with E-state index in [0.717, 1.165) is 36.8 Å². The second-order valence-corrected chi connectivity index (χ2v) is 3.69. The molecule has 0 radical (unpaired) electrons. The van der Waals surface area contributed by atoms with E-state index in [1.165, 1.54) is 0 Å². The summed E-state index contributed by atoms with van der Waals surface area (Å²) in [4.78, 5) is 8.94. The van der Waals surface area contributed by atoms with E-state index >= 15 is 0 Å². The lowest BCUT2D eigenvalue weighted by molar-refractivity contribution is 0.698. The summed E-state index contributed by atoms with van der Waals surface area (Å²) in [6.07, 6.45) is 1.15. The first-order chi connectivity index (χ1) is 6.79. The van der Waals surface area contributed by atoms with Gasteiger partial charge in [-0.2, -0.15) is 0 Å². The van der Waals surface area contributed by atoms with Gasteiger partial charge < -0.3 is 10.6 Å². The number of hydrogen-bond acceptors (Lipinski definition) is 4. The zero-order valence-electron chi connectivity index (χ0n) is 8.67. The van der Waals surface area contributed by atoms with Gasteiger partial charge in [0.2, 0.25) is 0 Å². The first kappa shape index (κ1) is 9.40. The molecule has 0 saturated carbocycles. The van der Waals surface area contributed by atoms with E-state index in [9.17, 15) is 0 Å². The Balaban J connectivity index is 2.27. The Morgan fingerprint density at radius 1 is 1.50 bits per heavy atom. The number of aryl methyl sites for hydroxylation is 1. The predicted octanol–water partition coefficient (Wildman–Crippen LogP) is 0.904. The minimum absolute atomic E-state index is 0.488. The van der Waals surface area contributed by atoms with Crippen LogP contribution in [0.5, 0.6) is 0 Å². The maximum Gasteiger partial charge on any atom is 0.135 e. The highest BCUT2D eigenvalue weighted by atomic mass is 15.0. The van der Waals surface area contributed by atoms with E-state index in [2.05, 4.69) is 20.6 Å².